The van der Waals surface area contributed by atoms with Gasteiger partial charge in [-0.15, -0.1) is 6.58 Å². The molecular formula is C53H52O10S2. The SMILES string of the molecule is C=CCc1cc(C(C)(C)c2ccc(Oc3ccc(S(=O)(=O)c4ccc(OC5COC6C(C)COC56)cc4)cc3)c(/C=C/C)c2)ccc1Oc1ccc(S(=O)(=O)c2ccc(OC)cc2)cc1. The lowest BCUT2D eigenvalue weighted by molar-refractivity contribution is 0.0299. The number of benzene rings is 6. The normalized spacial score (nSPS) is 18.6. The summed E-state index contributed by atoms with van der Waals surface area (Å²) in [6.45, 7) is 13.4. The molecular weight excluding hydrogens is 861 g/mol. The van der Waals surface area contributed by atoms with Crippen LogP contribution >= 0.6 is 0 Å². The van der Waals surface area contributed by atoms with Gasteiger partial charge in [-0.05, 0) is 145 Å². The number of rotatable bonds is 16. The van der Waals surface area contributed by atoms with Crippen molar-refractivity contribution in [2.45, 2.75) is 77.4 Å². The van der Waals surface area contributed by atoms with Gasteiger partial charge in [0.15, 0.2) is 6.10 Å². The molecule has 0 bridgehead atoms. The van der Waals surface area contributed by atoms with Crippen LogP contribution in [-0.2, 0) is 41.0 Å². The number of ether oxygens (including phenoxy) is 6. The van der Waals surface area contributed by atoms with Gasteiger partial charge in [-0.25, -0.2) is 16.8 Å². The summed E-state index contributed by atoms with van der Waals surface area (Å²) in [5.41, 5.74) is 3.43. The van der Waals surface area contributed by atoms with E-state index in [4.69, 9.17) is 28.4 Å². The van der Waals surface area contributed by atoms with Crippen LogP contribution in [0.15, 0.2) is 172 Å². The van der Waals surface area contributed by atoms with Crippen molar-refractivity contribution in [3.63, 3.8) is 0 Å². The number of hydrogen-bond acceptors (Lipinski definition) is 10. The van der Waals surface area contributed by atoms with E-state index in [0.29, 0.717) is 60.0 Å². The van der Waals surface area contributed by atoms with Gasteiger partial charge in [-0.1, -0.05) is 57.2 Å². The molecule has 0 N–H and O–H groups in total. The van der Waals surface area contributed by atoms with Crippen LogP contribution in [0.5, 0.6) is 34.5 Å². The Bertz CT molecular complexity index is 2910. The van der Waals surface area contributed by atoms with E-state index in [1.54, 1.807) is 84.9 Å². The molecule has 0 radical (unpaired) electrons. The van der Waals surface area contributed by atoms with E-state index in [0.717, 1.165) is 22.3 Å². The Morgan fingerprint density at radius 2 is 1.11 bits per heavy atom. The zero-order valence-corrected chi connectivity index (χ0v) is 38.6. The highest BCUT2D eigenvalue weighted by Gasteiger charge is 2.47. The molecule has 2 saturated heterocycles. The quantitative estimate of drug-likeness (QED) is 0.0867. The van der Waals surface area contributed by atoms with E-state index in [1.807, 2.05) is 49.4 Å². The number of fused-ring (bicyclic) bond motifs is 1. The third kappa shape index (κ3) is 9.48. The van der Waals surface area contributed by atoms with Crippen LogP contribution in [0, 0.1) is 5.92 Å². The van der Waals surface area contributed by atoms with E-state index >= 15 is 0 Å². The average molecular weight is 913 g/mol. The predicted octanol–water partition coefficient (Wildman–Crippen LogP) is 11.2. The molecule has 0 amide bonds. The van der Waals surface area contributed by atoms with Gasteiger partial charge in [-0.3, -0.25) is 0 Å². The monoisotopic (exact) mass is 912 g/mol. The van der Waals surface area contributed by atoms with Crippen molar-refractivity contribution in [2.75, 3.05) is 20.3 Å². The molecule has 2 aliphatic rings. The van der Waals surface area contributed by atoms with Crippen molar-refractivity contribution >= 4 is 25.8 Å². The Balaban J connectivity index is 0.946. The molecule has 2 heterocycles. The van der Waals surface area contributed by atoms with Crippen molar-refractivity contribution in [1.82, 2.24) is 0 Å². The Hall–Kier alpha value is -6.18. The van der Waals surface area contributed by atoms with E-state index < -0.39 is 25.1 Å². The fourth-order valence-corrected chi connectivity index (χ4v) is 10.7. The zero-order chi connectivity index (χ0) is 45.9. The number of allylic oxidation sites excluding steroid dienone is 2. The van der Waals surface area contributed by atoms with Gasteiger partial charge in [-0.2, -0.15) is 0 Å². The highest BCUT2D eigenvalue weighted by Crippen LogP contribution is 2.40. The molecule has 12 heteroatoms. The zero-order valence-electron chi connectivity index (χ0n) is 37.0. The highest BCUT2D eigenvalue weighted by molar-refractivity contribution is 7.91. The average Bonchev–Trinajstić information content (AvgIpc) is 3.90. The standard InChI is InChI=1S/C53H52O10S2/c1-7-9-36-31-38(11-29-48(36)61-41-15-23-45(24-16-41)64(54,55)44-21-13-40(58-6)14-22-44)53(4,5)39-12-30-49(37(32-39)10-8-2)62-42-17-25-46(26-18-42)65(56,57)47-27-19-43(20-28-47)63-50-34-60-51-35(3)33-59-52(50)51/h7-8,10-32,35,50-52H,1,9,33-34H2,2-6H3/b10-8+. The van der Waals surface area contributed by atoms with Crippen LogP contribution in [0.2, 0.25) is 0 Å². The second kappa shape index (κ2) is 18.7. The van der Waals surface area contributed by atoms with E-state index in [1.165, 1.54) is 19.2 Å². The maximum Gasteiger partial charge on any atom is 0.206 e. The van der Waals surface area contributed by atoms with E-state index in [2.05, 4.69) is 39.5 Å². The Kier molecular flexibility index (Phi) is 13.1. The first-order valence-electron chi connectivity index (χ1n) is 21.4. The van der Waals surface area contributed by atoms with Gasteiger partial charge >= 0.3 is 0 Å². The molecule has 10 nitrogen and oxygen atoms in total. The Morgan fingerprint density at radius 1 is 0.631 bits per heavy atom. The molecule has 0 spiro atoms. The molecule has 4 unspecified atom stereocenters. The molecule has 65 heavy (non-hydrogen) atoms. The Labute approximate surface area is 381 Å². The molecule has 2 fully saturated rings. The third-order valence-corrected chi connectivity index (χ3v) is 15.6. The first kappa shape index (κ1) is 45.4. The van der Waals surface area contributed by atoms with Crippen molar-refractivity contribution in [1.29, 1.82) is 0 Å². The summed E-state index contributed by atoms with van der Waals surface area (Å²) in [5, 5.41) is 0. The van der Waals surface area contributed by atoms with E-state index in [-0.39, 0.29) is 37.9 Å². The predicted molar refractivity (Wildman–Crippen MR) is 250 cm³/mol. The molecule has 8 rings (SSSR count). The van der Waals surface area contributed by atoms with Crippen LogP contribution in [-0.4, -0.2) is 55.5 Å². The largest absolute Gasteiger partial charge is 0.497 e. The smallest absolute Gasteiger partial charge is 0.206 e. The third-order valence-electron chi connectivity index (χ3n) is 12.0. The fraction of sp³-hybridized carbons (Fsp3) is 0.245. The van der Waals surface area contributed by atoms with E-state index in [9.17, 15) is 16.8 Å². The minimum atomic E-state index is -3.81. The van der Waals surface area contributed by atoms with Crippen LogP contribution < -0.4 is 18.9 Å². The van der Waals surface area contributed by atoms with Crippen LogP contribution in [0.1, 0.15) is 49.9 Å². The van der Waals surface area contributed by atoms with Crippen LogP contribution in [0.3, 0.4) is 0 Å². The lowest BCUT2D eigenvalue weighted by Crippen LogP contribution is -2.33. The first-order chi connectivity index (χ1) is 31.2. The number of sulfone groups is 2. The van der Waals surface area contributed by atoms with Crippen molar-refractivity contribution < 1.29 is 45.3 Å². The van der Waals surface area contributed by atoms with Crippen LogP contribution in [0.25, 0.3) is 6.08 Å². The first-order valence-corrected chi connectivity index (χ1v) is 24.4. The Morgan fingerprint density at radius 3 is 1.63 bits per heavy atom. The van der Waals surface area contributed by atoms with Crippen molar-refractivity contribution in [3.05, 3.63) is 174 Å². The maximum absolute atomic E-state index is 13.6. The summed E-state index contributed by atoms with van der Waals surface area (Å²) in [6, 6.07) is 37.7. The summed E-state index contributed by atoms with van der Waals surface area (Å²) in [7, 11) is -6.01. The minimum Gasteiger partial charge on any atom is -0.497 e. The molecule has 2 aliphatic heterocycles. The molecule has 6 aromatic carbocycles. The highest BCUT2D eigenvalue weighted by atomic mass is 32.2. The molecule has 336 valence electrons. The van der Waals surface area contributed by atoms with Crippen LogP contribution in [0.4, 0.5) is 0 Å². The van der Waals surface area contributed by atoms with Gasteiger partial charge in [0.1, 0.15) is 40.6 Å². The molecule has 0 aromatic heterocycles. The summed E-state index contributed by atoms with van der Waals surface area (Å²) >= 11 is 0. The molecule has 6 aromatic rings. The maximum atomic E-state index is 13.6. The molecule has 0 aliphatic carbocycles. The minimum absolute atomic E-state index is 0.0193. The second-order valence-corrected chi connectivity index (χ2v) is 20.6. The fourth-order valence-electron chi connectivity index (χ4n) is 8.17. The number of methoxy groups -OCH3 is 1. The lowest BCUT2D eigenvalue weighted by atomic mass is 9.77. The second-order valence-electron chi connectivity index (χ2n) is 16.7. The van der Waals surface area contributed by atoms with Gasteiger partial charge in [0.05, 0.1) is 46.0 Å². The summed E-state index contributed by atoms with van der Waals surface area (Å²) < 4.78 is 89.5. The number of hydrogen-bond donors (Lipinski definition) is 0. The summed E-state index contributed by atoms with van der Waals surface area (Å²) in [5.74, 6) is 3.68. The van der Waals surface area contributed by atoms with Gasteiger partial charge in [0.2, 0.25) is 19.7 Å². The molecule has 0 saturated carbocycles. The van der Waals surface area contributed by atoms with Crippen molar-refractivity contribution in [3.8, 4) is 34.5 Å². The van der Waals surface area contributed by atoms with Gasteiger partial charge in [0, 0.05) is 16.9 Å². The summed E-state index contributed by atoms with van der Waals surface area (Å²) in [6.07, 6.45) is 5.95. The molecule has 4 atom stereocenters. The van der Waals surface area contributed by atoms with Crippen molar-refractivity contribution in [2.24, 2.45) is 5.92 Å². The topological polar surface area (TPSA) is 124 Å². The lowest BCUT2D eigenvalue weighted by Gasteiger charge is -2.28. The van der Waals surface area contributed by atoms with Gasteiger partial charge < -0.3 is 28.4 Å². The van der Waals surface area contributed by atoms with Gasteiger partial charge in [0.25, 0.3) is 0 Å². The summed E-state index contributed by atoms with van der Waals surface area (Å²) in [4.78, 5) is 0.630.